The third-order valence-electron chi connectivity index (χ3n) is 2.31. The second-order valence-corrected chi connectivity index (χ2v) is 3.30. The number of benzene rings is 1. The van der Waals surface area contributed by atoms with Crippen LogP contribution in [0.4, 0.5) is 0 Å². The number of hydrogen-bond acceptors (Lipinski definition) is 3. The van der Waals surface area contributed by atoms with Crippen LogP contribution in [0.25, 0.3) is 6.08 Å². The number of para-hydroxylation sites is 1. The van der Waals surface area contributed by atoms with Crippen molar-refractivity contribution in [2.45, 2.75) is 6.10 Å². The molecule has 1 heterocycles. The lowest BCUT2D eigenvalue weighted by molar-refractivity contribution is 0.198. The van der Waals surface area contributed by atoms with Gasteiger partial charge in [0.25, 0.3) is 0 Å². The Hall–Kier alpha value is -1.32. The summed E-state index contributed by atoms with van der Waals surface area (Å²) in [6, 6.07) is 7.74. The van der Waals surface area contributed by atoms with Crippen LogP contribution in [-0.4, -0.2) is 24.4 Å². The lowest BCUT2D eigenvalue weighted by Crippen LogP contribution is -2.26. The lowest BCUT2D eigenvalue weighted by atomic mass is 10.0. The van der Waals surface area contributed by atoms with E-state index in [0.29, 0.717) is 6.61 Å². The zero-order valence-corrected chi connectivity index (χ0v) is 7.81. The number of aliphatic hydroxyl groups excluding tert-OH is 1. The van der Waals surface area contributed by atoms with E-state index in [4.69, 9.17) is 10.5 Å². The summed E-state index contributed by atoms with van der Waals surface area (Å²) in [6.07, 6.45) is 1.35. The molecule has 14 heavy (non-hydrogen) atoms. The summed E-state index contributed by atoms with van der Waals surface area (Å²) in [7, 11) is 0. The van der Waals surface area contributed by atoms with Gasteiger partial charge < -0.3 is 15.6 Å². The molecule has 0 unspecified atom stereocenters. The highest BCUT2D eigenvalue weighted by Gasteiger charge is 2.15. The molecule has 74 valence electrons. The van der Waals surface area contributed by atoms with Gasteiger partial charge in [0.05, 0.1) is 6.10 Å². The Balaban J connectivity index is 2.31. The Morgan fingerprint density at radius 3 is 3.00 bits per heavy atom. The van der Waals surface area contributed by atoms with Gasteiger partial charge in [0, 0.05) is 12.1 Å². The first kappa shape index (κ1) is 9.24. The van der Waals surface area contributed by atoms with Crippen LogP contribution in [0.5, 0.6) is 5.75 Å². The fourth-order valence-electron chi connectivity index (χ4n) is 1.48. The van der Waals surface area contributed by atoms with E-state index >= 15 is 0 Å². The molecule has 0 fully saturated rings. The molecule has 3 heteroatoms. The molecule has 1 aromatic carbocycles. The van der Waals surface area contributed by atoms with Crippen LogP contribution in [0.1, 0.15) is 5.56 Å². The van der Waals surface area contributed by atoms with Crippen LogP contribution < -0.4 is 10.5 Å². The summed E-state index contributed by atoms with van der Waals surface area (Å²) in [4.78, 5) is 0. The van der Waals surface area contributed by atoms with Crippen molar-refractivity contribution < 1.29 is 9.84 Å². The number of aliphatic hydroxyl groups is 1. The fourth-order valence-corrected chi connectivity index (χ4v) is 1.48. The van der Waals surface area contributed by atoms with E-state index in [1.165, 1.54) is 0 Å². The van der Waals surface area contributed by atoms with Gasteiger partial charge in [0.2, 0.25) is 0 Å². The first-order valence-electron chi connectivity index (χ1n) is 4.61. The Morgan fingerprint density at radius 1 is 1.43 bits per heavy atom. The van der Waals surface area contributed by atoms with E-state index in [1.807, 2.05) is 30.3 Å². The second kappa shape index (κ2) is 3.82. The molecule has 0 saturated carbocycles. The summed E-state index contributed by atoms with van der Waals surface area (Å²) in [6.45, 7) is 0.659. The highest BCUT2D eigenvalue weighted by molar-refractivity contribution is 5.62. The third-order valence-corrected chi connectivity index (χ3v) is 2.31. The minimum atomic E-state index is -0.594. The van der Waals surface area contributed by atoms with Crippen molar-refractivity contribution in [2.75, 3.05) is 13.2 Å². The maximum atomic E-state index is 9.53. The molecule has 0 aromatic heterocycles. The van der Waals surface area contributed by atoms with Crippen LogP contribution in [0.3, 0.4) is 0 Å². The number of nitrogens with two attached hydrogens (primary N) is 1. The average Bonchev–Trinajstić information content (AvgIpc) is 2.27. The van der Waals surface area contributed by atoms with Crippen LogP contribution in [-0.2, 0) is 0 Å². The first-order valence-corrected chi connectivity index (χ1v) is 4.61. The number of fused-ring (bicyclic) bond motifs is 1. The topological polar surface area (TPSA) is 55.5 Å². The summed E-state index contributed by atoms with van der Waals surface area (Å²) < 4.78 is 5.48. The van der Waals surface area contributed by atoms with Gasteiger partial charge in [-0.2, -0.15) is 0 Å². The molecule has 0 spiro atoms. The molecule has 0 radical (unpaired) electrons. The molecule has 0 amide bonds. The van der Waals surface area contributed by atoms with Crippen molar-refractivity contribution in [3.63, 3.8) is 0 Å². The van der Waals surface area contributed by atoms with Crippen LogP contribution in [0, 0.1) is 0 Å². The molecule has 3 nitrogen and oxygen atoms in total. The minimum absolute atomic E-state index is 0.233. The van der Waals surface area contributed by atoms with Gasteiger partial charge >= 0.3 is 0 Å². The zero-order valence-electron chi connectivity index (χ0n) is 7.81. The Labute approximate surface area is 82.8 Å². The van der Waals surface area contributed by atoms with Crippen molar-refractivity contribution in [1.82, 2.24) is 0 Å². The van der Waals surface area contributed by atoms with E-state index in [0.717, 1.165) is 16.9 Å². The van der Waals surface area contributed by atoms with E-state index in [2.05, 4.69) is 0 Å². The van der Waals surface area contributed by atoms with Crippen molar-refractivity contribution in [3.05, 3.63) is 35.4 Å². The van der Waals surface area contributed by atoms with E-state index < -0.39 is 6.10 Å². The normalized spacial score (nSPS) is 16.6. The van der Waals surface area contributed by atoms with Gasteiger partial charge in [-0.15, -0.1) is 0 Å². The zero-order chi connectivity index (χ0) is 9.97. The van der Waals surface area contributed by atoms with E-state index in [1.54, 1.807) is 0 Å². The predicted octanol–water partition coefficient (Wildman–Crippen LogP) is 0.782. The number of rotatable bonds is 2. The Kier molecular flexibility index (Phi) is 2.52. The van der Waals surface area contributed by atoms with E-state index in [-0.39, 0.29) is 6.54 Å². The summed E-state index contributed by atoms with van der Waals surface area (Å²) >= 11 is 0. The largest absolute Gasteiger partial charge is 0.489 e. The van der Waals surface area contributed by atoms with Gasteiger partial charge in [-0.1, -0.05) is 18.2 Å². The summed E-state index contributed by atoms with van der Waals surface area (Å²) in [5.74, 6) is 0.862. The highest BCUT2D eigenvalue weighted by atomic mass is 16.5. The molecule has 0 saturated heterocycles. The fraction of sp³-hybridized carbons (Fsp3) is 0.273. The van der Waals surface area contributed by atoms with Crippen molar-refractivity contribution in [3.8, 4) is 5.75 Å². The number of hydrogen-bond donors (Lipinski definition) is 2. The Morgan fingerprint density at radius 2 is 2.21 bits per heavy atom. The smallest absolute Gasteiger partial charge is 0.127 e. The third kappa shape index (κ3) is 1.64. The predicted molar refractivity (Wildman–Crippen MR) is 55.0 cm³/mol. The minimum Gasteiger partial charge on any atom is -0.489 e. The van der Waals surface area contributed by atoms with Crippen molar-refractivity contribution in [2.24, 2.45) is 5.73 Å². The van der Waals surface area contributed by atoms with Gasteiger partial charge in [-0.05, 0) is 17.7 Å². The quantitative estimate of drug-likeness (QED) is 0.726. The first-order chi connectivity index (χ1) is 6.81. The highest BCUT2D eigenvalue weighted by Crippen LogP contribution is 2.26. The summed E-state index contributed by atoms with van der Waals surface area (Å²) in [5, 5.41) is 9.53. The Bertz CT molecular complexity index is 360. The van der Waals surface area contributed by atoms with Gasteiger partial charge in [-0.25, -0.2) is 0 Å². The lowest BCUT2D eigenvalue weighted by Gasteiger charge is -2.20. The molecular weight excluding hydrogens is 178 g/mol. The molecule has 0 bridgehead atoms. The molecule has 0 aliphatic carbocycles. The standard InChI is InChI=1S/C11H13NO2/c12-6-10(13)9-5-8-3-1-2-4-11(8)14-7-9/h1-5,10,13H,6-7,12H2/t10-/m1/s1. The molecule has 3 N–H and O–H groups in total. The maximum Gasteiger partial charge on any atom is 0.127 e. The van der Waals surface area contributed by atoms with Crippen LogP contribution >= 0.6 is 0 Å². The summed E-state index contributed by atoms with van der Waals surface area (Å²) in [5.41, 5.74) is 7.22. The molecule has 1 aliphatic rings. The van der Waals surface area contributed by atoms with Gasteiger partial charge in [0.1, 0.15) is 12.4 Å². The monoisotopic (exact) mass is 191 g/mol. The molecule has 2 rings (SSSR count). The SMILES string of the molecule is NC[C@@H](O)C1=Cc2ccccc2OC1. The van der Waals surface area contributed by atoms with Crippen LogP contribution in [0.2, 0.25) is 0 Å². The van der Waals surface area contributed by atoms with Gasteiger partial charge in [0.15, 0.2) is 0 Å². The van der Waals surface area contributed by atoms with E-state index in [9.17, 15) is 5.11 Å². The number of ether oxygens (including phenoxy) is 1. The van der Waals surface area contributed by atoms with Crippen molar-refractivity contribution in [1.29, 1.82) is 0 Å². The van der Waals surface area contributed by atoms with Crippen molar-refractivity contribution >= 4 is 6.08 Å². The molecule has 1 aromatic rings. The molecule has 1 atom stereocenters. The van der Waals surface area contributed by atoms with Gasteiger partial charge in [-0.3, -0.25) is 0 Å². The second-order valence-electron chi connectivity index (χ2n) is 3.30. The average molecular weight is 191 g/mol. The van der Waals surface area contributed by atoms with Crippen LogP contribution in [0.15, 0.2) is 29.8 Å². The molecular formula is C11H13NO2. The molecule has 1 aliphatic heterocycles. The maximum absolute atomic E-state index is 9.53.